The molecule has 2 amide bonds. The summed E-state index contributed by atoms with van der Waals surface area (Å²) < 4.78 is 25.8. The first-order chi connectivity index (χ1) is 16.5. The van der Waals surface area contributed by atoms with Crippen LogP contribution in [0.25, 0.3) is 10.2 Å². The molecule has 2 unspecified atom stereocenters. The molecule has 0 N–H and O–H groups in total. The van der Waals surface area contributed by atoms with Gasteiger partial charge in [0.1, 0.15) is 17.1 Å². The molecule has 7 nitrogen and oxygen atoms in total. The van der Waals surface area contributed by atoms with Crippen molar-refractivity contribution in [2.45, 2.75) is 32.3 Å². The number of para-hydroxylation sites is 1. The second-order valence-electron chi connectivity index (χ2n) is 8.50. The minimum Gasteiger partial charge on any atom is -0.492 e. The normalized spacial score (nSPS) is 20.3. The van der Waals surface area contributed by atoms with Crippen LogP contribution in [-0.2, 0) is 14.3 Å². The highest BCUT2D eigenvalue weighted by atomic mass is 32.1. The Kier molecular flexibility index (Phi) is 6.47. The van der Waals surface area contributed by atoms with Gasteiger partial charge in [0.05, 0.1) is 29.9 Å². The number of fused-ring (bicyclic) bond motifs is 1. The highest BCUT2D eigenvalue weighted by molar-refractivity contribution is 7.22. The Morgan fingerprint density at radius 1 is 1.29 bits per heavy atom. The molecule has 3 heterocycles. The van der Waals surface area contributed by atoms with Gasteiger partial charge in [-0.3, -0.25) is 14.5 Å². The summed E-state index contributed by atoms with van der Waals surface area (Å²) in [5, 5.41) is 0.579. The number of hydrogen-bond acceptors (Lipinski definition) is 6. The monoisotopic (exact) mass is 483 g/mol. The van der Waals surface area contributed by atoms with E-state index in [9.17, 15) is 14.0 Å². The van der Waals surface area contributed by atoms with Crippen molar-refractivity contribution in [3.05, 3.63) is 48.3 Å². The molecule has 2 aromatic carbocycles. The Bertz CT molecular complexity index is 1190. The fourth-order valence-corrected chi connectivity index (χ4v) is 5.52. The summed E-state index contributed by atoms with van der Waals surface area (Å²) in [6, 6.07) is 11.5. The topological polar surface area (TPSA) is 72.0 Å². The number of halogens is 1. The maximum Gasteiger partial charge on any atom is 0.234 e. The number of hydrogen-bond donors (Lipinski definition) is 0. The van der Waals surface area contributed by atoms with Crippen LogP contribution >= 0.6 is 11.3 Å². The Morgan fingerprint density at radius 2 is 2.12 bits per heavy atom. The Hall–Kier alpha value is -3.04. The van der Waals surface area contributed by atoms with E-state index in [-0.39, 0.29) is 36.7 Å². The molecule has 0 radical (unpaired) electrons. The van der Waals surface area contributed by atoms with Crippen molar-refractivity contribution in [2.24, 2.45) is 5.92 Å². The summed E-state index contributed by atoms with van der Waals surface area (Å²) in [6.45, 7) is 3.77. The van der Waals surface area contributed by atoms with Crippen molar-refractivity contribution < 1.29 is 23.5 Å². The molecule has 0 aliphatic carbocycles. The van der Waals surface area contributed by atoms with Crippen molar-refractivity contribution >= 4 is 44.2 Å². The summed E-state index contributed by atoms with van der Waals surface area (Å²) in [5.74, 6) is -0.494. The van der Waals surface area contributed by atoms with Crippen LogP contribution in [0.15, 0.2) is 42.5 Å². The number of amides is 2. The van der Waals surface area contributed by atoms with Crippen LogP contribution < -0.4 is 14.5 Å². The van der Waals surface area contributed by atoms with Gasteiger partial charge in [0.2, 0.25) is 11.8 Å². The van der Waals surface area contributed by atoms with Gasteiger partial charge in [0, 0.05) is 25.3 Å². The Labute approximate surface area is 201 Å². The molecule has 2 fully saturated rings. The lowest BCUT2D eigenvalue weighted by molar-refractivity contribution is -0.124. The number of carbonyl (C=O) groups excluding carboxylic acids is 2. The van der Waals surface area contributed by atoms with E-state index in [1.807, 2.05) is 25.1 Å². The summed E-state index contributed by atoms with van der Waals surface area (Å²) in [6.07, 6.45) is 1.88. The van der Waals surface area contributed by atoms with E-state index in [0.717, 1.165) is 23.1 Å². The Balaban J connectivity index is 1.43. The summed E-state index contributed by atoms with van der Waals surface area (Å²) in [5.41, 5.74) is 1.32. The number of aromatic nitrogens is 1. The number of nitrogens with zero attached hydrogens (tertiary/aromatic N) is 3. The maximum absolute atomic E-state index is 13.8. The zero-order valence-corrected chi connectivity index (χ0v) is 19.7. The van der Waals surface area contributed by atoms with Crippen molar-refractivity contribution in [3.8, 4) is 5.75 Å². The molecule has 2 aliphatic heterocycles. The van der Waals surface area contributed by atoms with E-state index in [1.165, 1.54) is 23.5 Å². The van der Waals surface area contributed by atoms with Crippen LogP contribution in [-0.4, -0.2) is 49.2 Å². The third-order valence-corrected chi connectivity index (χ3v) is 7.23. The van der Waals surface area contributed by atoms with Crippen LogP contribution in [0.2, 0.25) is 0 Å². The molecule has 5 rings (SSSR count). The van der Waals surface area contributed by atoms with Crippen molar-refractivity contribution in [3.63, 3.8) is 0 Å². The molecule has 9 heteroatoms. The molecular formula is C25H26FN3O4S. The SMILES string of the molecule is CCOc1cccc2sc(N(CC3CCCO3)C(=O)C3CC(=O)N(c4ccc(F)cc4)C3)nc12. The standard InChI is InChI=1S/C25H26FN3O4S/c1-2-32-20-6-3-7-21-23(20)27-25(34-21)29(15-19-5-4-12-33-19)24(31)16-13-22(30)28(14-16)18-10-8-17(26)9-11-18/h3,6-11,16,19H,2,4-5,12-15H2,1H3. The lowest BCUT2D eigenvalue weighted by Crippen LogP contribution is -2.42. The second-order valence-corrected chi connectivity index (χ2v) is 9.51. The molecule has 3 aromatic rings. The third kappa shape index (κ3) is 4.50. The van der Waals surface area contributed by atoms with Crippen molar-refractivity contribution in [1.82, 2.24) is 4.98 Å². The molecule has 2 saturated heterocycles. The van der Waals surface area contributed by atoms with E-state index in [4.69, 9.17) is 14.5 Å². The van der Waals surface area contributed by atoms with Crippen LogP contribution in [0.5, 0.6) is 5.75 Å². The predicted octanol–water partition coefficient (Wildman–Crippen LogP) is 4.40. The first-order valence-corrected chi connectivity index (χ1v) is 12.4. The van der Waals surface area contributed by atoms with E-state index in [2.05, 4.69) is 0 Å². The first-order valence-electron chi connectivity index (χ1n) is 11.5. The van der Waals surface area contributed by atoms with Crippen LogP contribution in [0.4, 0.5) is 15.2 Å². The third-order valence-electron chi connectivity index (χ3n) is 6.19. The van der Waals surface area contributed by atoms with Gasteiger partial charge in [-0.15, -0.1) is 0 Å². The summed E-state index contributed by atoms with van der Waals surface area (Å²) in [4.78, 5) is 34.5. The largest absolute Gasteiger partial charge is 0.492 e. The highest BCUT2D eigenvalue weighted by Gasteiger charge is 2.39. The average molecular weight is 484 g/mol. The summed E-state index contributed by atoms with van der Waals surface area (Å²) in [7, 11) is 0. The molecule has 34 heavy (non-hydrogen) atoms. The lowest BCUT2D eigenvalue weighted by Gasteiger charge is -2.25. The van der Waals surface area contributed by atoms with Gasteiger partial charge in [0.15, 0.2) is 5.13 Å². The number of anilines is 2. The molecule has 1 aromatic heterocycles. The molecule has 0 saturated carbocycles. The van der Waals surface area contributed by atoms with E-state index in [1.54, 1.807) is 21.9 Å². The van der Waals surface area contributed by atoms with Gasteiger partial charge in [0.25, 0.3) is 0 Å². The quantitative estimate of drug-likeness (QED) is 0.498. The number of rotatable bonds is 7. The number of benzene rings is 2. The highest BCUT2D eigenvalue weighted by Crippen LogP contribution is 2.36. The van der Waals surface area contributed by atoms with E-state index in [0.29, 0.717) is 36.3 Å². The molecular weight excluding hydrogens is 457 g/mol. The van der Waals surface area contributed by atoms with Crippen LogP contribution in [0, 0.1) is 11.7 Å². The van der Waals surface area contributed by atoms with Crippen molar-refractivity contribution in [2.75, 3.05) is 36.1 Å². The van der Waals surface area contributed by atoms with Gasteiger partial charge in [-0.05, 0) is 56.2 Å². The van der Waals surface area contributed by atoms with Crippen LogP contribution in [0.3, 0.4) is 0 Å². The number of thiazole rings is 1. The molecule has 2 aliphatic rings. The van der Waals surface area contributed by atoms with Gasteiger partial charge < -0.3 is 14.4 Å². The minimum absolute atomic E-state index is 0.0624. The van der Waals surface area contributed by atoms with E-state index >= 15 is 0 Å². The zero-order valence-electron chi connectivity index (χ0n) is 18.9. The number of ether oxygens (including phenoxy) is 2. The maximum atomic E-state index is 13.8. The van der Waals surface area contributed by atoms with Gasteiger partial charge in [-0.2, -0.15) is 0 Å². The van der Waals surface area contributed by atoms with Crippen molar-refractivity contribution in [1.29, 1.82) is 0 Å². The molecule has 178 valence electrons. The second kappa shape index (κ2) is 9.68. The van der Waals surface area contributed by atoms with E-state index < -0.39 is 5.92 Å². The smallest absolute Gasteiger partial charge is 0.234 e. The fraction of sp³-hybridized carbons (Fsp3) is 0.400. The van der Waals surface area contributed by atoms with Gasteiger partial charge in [-0.1, -0.05) is 17.4 Å². The zero-order chi connectivity index (χ0) is 23.7. The first kappa shape index (κ1) is 22.7. The molecule has 0 bridgehead atoms. The average Bonchev–Trinajstić information content (AvgIpc) is 3.58. The number of carbonyl (C=O) groups is 2. The molecule has 2 atom stereocenters. The van der Waals surface area contributed by atoms with Crippen LogP contribution in [0.1, 0.15) is 26.2 Å². The van der Waals surface area contributed by atoms with Gasteiger partial charge in [-0.25, -0.2) is 9.37 Å². The lowest BCUT2D eigenvalue weighted by atomic mass is 10.1. The minimum atomic E-state index is -0.516. The Morgan fingerprint density at radius 3 is 2.85 bits per heavy atom. The summed E-state index contributed by atoms with van der Waals surface area (Å²) >= 11 is 1.43. The predicted molar refractivity (Wildman–Crippen MR) is 129 cm³/mol. The molecule has 0 spiro atoms. The van der Waals surface area contributed by atoms with Gasteiger partial charge >= 0.3 is 0 Å². The fourth-order valence-electron chi connectivity index (χ4n) is 4.52.